The molecular weight excluding hydrogens is 264 g/mol. The highest BCUT2D eigenvalue weighted by molar-refractivity contribution is 6.23. The molecule has 20 heavy (non-hydrogen) atoms. The number of alkyl halides is 1. The summed E-state index contributed by atoms with van der Waals surface area (Å²) in [5.41, 5.74) is 5.32. The number of halogens is 1. The molecule has 1 unspecified atom stereocenters. The third kappa shape index (κ3) is 1.76. The second-order valence-electron chi connectivity index (χ2n) is 5.43. The van der Waals surface area contributed by atoms with Gasteiger partial charge in [-0.15, -0.1) is 11.6 Å². The smallest absolute Gasteiger partial charge is 0.0841 e. The van der Waals surface area contributed by atoms with E-state index in [2.05, 4.69) is 42.5 Å². The highest BCUT2D eigenvalue weighted by atomic mass is 35.5. The molecule has 0 spiro atoms. The van der Waals surface area contributed by atoms with Gasteiger partial charge in [0.25, 0.3) is 0 Å². The summed E-state index contributed by atoms with van der Waals surface area (Å²) in [6.07, 6.45) is 2.32. The van der Waals surface area contributed by atoms with E-state index in [9.17, 15) is 0 Å². The van der Waals surface area contributed by atoms with Crippen LogP contribution in [-0.2, 0) is 12.8 Å². The molecule has 4 rings (SSSR count). The molecule has 0 aromatic heterocycles. The van der Waals surface area contributed by atoms with Crippen LogP contribution in [0.4, 0.5) is 0 Å². The summed E-state index contributed by atoms with van der Waals surface area (Å²) < 4.78 is 0. The van der Waals surface area contributed by atoms with Gasteiger partial charge in [-0.2, -0.15) is 0 Å². The van der Waals surface area contributed by atoms with Crippen LogP contribution in [0.1, 0.15) is 27.6 Å². The van der Waals surface area contributed by atoms with Crippen LogP contribution in [0.3, 0.4) is 0 Å². The summed E-state index contributed by atoms with van der Waals surface area (Å²) in [6, 6.07) is 21.4. The molecule has 0 saturated carbocycles. The summed E-state index contributed by atoms with van der Waals surface area (Å²) >= 11 is 6.74. The van der Waals surface area contributed by atoms with E-state index in [0.717, 1.165) is 18.4 Å². The first-order valence-corrected chi connectivity index (χ1v) is 7.50. The Hall–Kier alpha value is -1.79. The van der Waals surface area contributed by atoms with Crippen molar-refractivity contribution in [2.24, 2.45) is 0 Å². The second-order valence-corrected chi connectivity index (χ2v) is 5.86. The van der Waals surface area contributed by atoms with Crippen molar-refractivity contribution in [1.29, 1.82) is 0 Å². The van der Waals surface area contributed by atoms with Crippen LogP contribution in [-0.4, -0.2) is 0 Å². The summed E-state index contributed by atoms with van der Waals surface area (Å²) in [7, 11) is 0. The molecule has 0 amide bonds. The Bertz CT molecular complexity index is 764. The fraction of sp³-hybridized carbons (Fsp3) is 0.158. The fourth-order valence-electron chi connectivity index (χ4n) is 3.29. The van der Waals surface area contributed by atoms with Crippen LogP contribution in [0, 0.1) is 0 Å². The minimum atomic E-state index is -0.0823. The van der Waals surface area contributed by atoms with E-state index >= 15 is 0 Å². The van der Waals surface area contributed by atoms with E-state index in [0.29, 0.717) is 0 Å². The van der Waals surface area contributed by atoms with Crippen molar-refractivity contribution in [2.45, 2.75) is 18.2 Å². The van der Waals surface area contributed by atoms with Gasteiger partial charge in [-0.3, -0.25) is 0 Å². The Morgan fingerprint density at radius 3 is 2.30 bits per heavy atom. The van der Waals surface area contributed by atoms with Crippen molar-refractivity contribution in [3.63, 3.8) is 0 Å². The van der Waals surface area contributed by atoms with Crippen molar-refractivity contribution < 1.29 is 0 Å². The molecule has 0 bridgehead atoms. The van der Waals surface area contributed by atoms with Gasteiger partial charge in [0.05, 0.1) is 5.38 Å². The molecule has 1 aliphatic carbocycles. The first-order valence-electron chi connectivity index (χ1n) is 7.07. The largest absolute Gasteiger partial charge is 0.113 e. The van der Waals surface area contributed by atoms with Gasteiger partial charge in [-0.05, 0) is 45.9 Å². The topological polar surface area (TPSA) is 0 Å². The molecule has 0 aliphatic heterocycles. The van der Waals surface area contributed by atoms with Crippen molar-refractivity contribution in [3.8, 4) is 0 Å². The zero-order valence-corrected chi connectivity index (χ0v) is 11.9. The van der Waals surface area contributed by atoms with Gasteiger partial charge in [-0.25, -0.2) is 0 Å². The lowest BCUT2D eigenvalue weighted by atomic mass is 9.95. The Morgan fingerprint density at radius 2 is 1.50 bits per heavy atom. The Kier molecular flexibility index (Phi) is 2.78. The molecule has 0 radical (unpaired) electrons. The first-order chi connectivity index (χ1) is 9.84. The van der Waals surface area contributed by atoms with Crippen molar-refractivity contribution in [2.75, 3.05) is 0 Å². The molecule has 1 heteroatoms. The number of benzene rings is 3. The lowest BCUT2D eigenvalue weighted by Gasteiger charge is -2.14. The molecule has 0 nitrogen and oxygen atoms in total. The van der Waals surface area contributed by atoms with Crippen molar-refractivity contribution in [3.05, 3.63) is 82.9 Å². The van der Waals surface area contributed by atoms with Gasteiger partial charge < -0.3 is 0 Å². The van der Waals surface area contributed by atoms with Gasteiger partial charge in [0, 0.05) is 0 Å². The summed E-state index contributed by atoms with van der Waals surface area (Å²) in [4.78, 5) is 0. The monoisotopic (exact) mass is 278 g/mol. The normalized spacial score (nSPS) is 14.7. The third-order valence-corrected chi connectivity index (χ3v) is 4.76. The first kappa shape index (κ1) is 12.0. The van der Waals surface area contributed by atoms with E-state index in [1.54, 1.807) is 0 Å². The van der Waals surface area contributed by atoms with Crippen molar-refractivity contribution in [1.82, 2.24) is 0 Å². The van der Waals surface area contributed by atoms with Gasteiger partial charge in [0.15, 0.2) is 0 Å². The van der Waals surface area contributed by atoms with Gasteiger partial charge >= 0.3 is 0 Å². The number of hydrogen-bond acceptors (Lipinski definition) is 0. The van der Waals surface area contributed by atoms with Crippen LogP contribution >= 0.6 is 11.6 Å². The van der Waals surface area contributed by atoms with E-state index < -0.39 is 0 Å². The molecule has 0 fully saturated rings. The van der Waals surface area contributed by atoms with Gasteiger partial charge in [-0.1, -0.05) is 60.7 Å². The lowest BCUT2D eigenvalue weighted by molar-refractivity contribution is 1.02. The van der Waals surface area contributed by atoms with E-state index in [1.807, 2.05) is 18.2 Å². The van der Waals surface area contributed by atoms with Gasteiger partial charge in [0.1, 0.15) is 0 Å². The average Bonchev–Trinajstić information content (AvgIpc) is 2.93. The molecule has 98 valence electrons. The van der Waals surface area contributed by atoms with Crippen LogP contribution in [0.5, 0.6) is 0 Å². The van der Waals surface area contributed by atoms with E-state index in [4.69, 9.17) is 11.6 Å². The van der Waals surface area contributed by atoms with Crippen LogP contribution in [0.15, 0.2) is 60.7 Å². The summed E-state index contributed by atoms with van der Waals surface area (Å²) in [6.45, 7) is 0. The molecule has 3 aromatic carbocycles. The summed E-state index contributed by atoms with van der Waals surface area (Å²) in [5.74, 6) is 0. The van der Waals surface area contributed by atoms with Crippen molar-refractivity contribution >= 4 is 22.4 Å². The molecule has 3 aromatic rings. The number of aryl methyl sites for hydroxylation is 2. The molecule has 1 atom stereocenters. The van der Waals surface area contributed by atoms with Crippen LogP contribution < -0.4 is 0 Å². The Balaban J connectivity index is 1.94. The highest BCUT2D eigenvalue weighted by Gasteiger charge is 2.19. The quantitative estimate of drug-likeness (QED) is 0.561. The van der Waals surface area contributed by atoms with E-state index in [1.165, 1.54) is 27.5 Å². The minimum Gasteiger partial charge on any atom is -0.113 e. The Morgan fingerprint density at radius 1 is 0.750 bits per heavy atom. The number of rotatable bonds is 2. The maximum absolute atomic E-state index is 6.74. The second kappa shape index (κ2) is 4.64. The van der Waals surface area contributed by atoms with E-state index in [-0.39, 0.29) is 5.38 Å². The lowest BCUT2D eigenvalue weighted by Crippen LogP contribution is -1.95. The molecular formula is C19H15Cl. The molecule has 0 N–H and O–H groups in total. The summed E-state index contributed by atoms with van der Waals surface area (Å²) in [5, 5.41) is 2.68. The molecule has 1 aliphatic rings. The maximum atomic E-state index is 6.74. The average molecular weight is 279 g/mol. The minimum absolute atomic E-state index is 0.0823. The van der Waals surface area contributed by atoms with Crippen LogP contribution in [0.2, 0.25) is 0 Å². The standard InChI is InChI=1S/C19H15Cl/c20-19(15-5-2-1-3-6-15)17-12-11-14-10-9-13-7-4-8-16(17)18(13)14/h1-8,11-12,19H,9-10H2. The maximum Gasteiger partial charge on any atom is 0.0841 e. The molecule has 0 saturated heterocycles. The predicted octanol–water partition coefficient (Wildman–Crippen LogP) is 5.27. The number of hydrogen-bond donors (Lipinski definition) is 0. The third-order valence-electron chi connectivity index (χ3n) is 4.28. The zero-order valence-electron chi connectivity index (χ0n) is 11.1. The predicted molar refractivity (Wildman–Crippen MR) is 85.5 cm³/mol. The zero-order chi connectivity index (χ0) is 13.5. The highest BCUT2D eigenvalue weighted by Crippen LogP contribution is 2.38. The fourth-order valence-corrected chi connectivity index (χ4v) is 3.63. The van der Waals surface area contributed by atoms with Crippen LogP contribution in [0.25, 0.3) is 10.8 Å². The van der Waals surface area contributed by atoms with Gasteiger partial charge in [0.2, 0.25) is 0 Å². The Labute approximate surface area is 124 Å². The SMILES string of the molecule is ClC(c1ccccc1)c1ccc2c3c(cccc13)CC2. The molecule has 0 heterocycles.